The molecule has 106 valence electrons. The third-order valence-electron chi connectivity index (χ3n) is 3.06. The van der Waals surface area contributed by atoms with Crippen LogP contribution >= 0.6 is 11.3 Å². The van der Waals surface area contributed by atoms with E-state index in [2.05, 4.69) is 0 Å². The number of carbonyl (C=O) groups is 1. The van der Waals surface area contributed by atoms with E-state index in [4.69, 9.17) is 10.5 Å². The molecule has 1 fully saturated rings. The summed E-state index contributed by atoms with van der Waals surface area (Å²) >= 11 is 1.01. The monoisotopic (exact) mass is 304 g/mol. The lowest BCUT2D eigenvalue weighted by Crippen LogP contribution is -2.31. The van der Waals surface area contributed by atoms with Crippen LogP contribution in [0.25, 0.3) is 0 Å². The van der Waals surface area contributed by atoms with Gasteiger partial charge in [-0.1, -0.05) is 0 Å². The second-order valence-electron chi connectivity index (χ2n) is 4.53. The fourth-order valence-corrected chi connectivity index (χ4v) is 4.55. The minimum atomic E-state index is -3.55. The van der Waals surface area contributed by atoms with Gasteiger partial charge in [0.15, 0.2) is 0 Å². The molecule has 1 aromatic heterocycles. The van der Waals surface area contributed by atoms with Crippen LogP contribution in [0, 0.1) is 5.92 Å². The maximum absolute atomic E-state index is 12.3. The van der Waals surface area contributed by atoms with Crippen molar-refractivity contribution in [2.75, 3.05) is 26.8 Å². The second kappa shape index (κ2) is 5.58. The number of rotatable bonds is 5. The summed E-state index contributed by atoms with van der Waals surface area (Å²) in [6, 6.07) is 1.32. The summed E-state index contributed by atoms with van der Waals surface area (Å²) in [6.07, 6.45) is 0.872. The summed E-state index contributed by atoms with van der Waals surface area (Å²) in [6.45, 7) is 1.70. The molecule has 0 saturated carbocycles. The molecule has 1 atom stereocenters. The Balaban J connectivity index is 2.13. The largest absolute Gasteiger partial charge is 0.381 e. The Kier molecular flexibility index (Phi) is 4.24. The van der Waals surface area contributed by atoms with Gasteiger partial charge in [-0.3, -0.25) is 4.79 Å². The Morgan fingerprint density at radius 3 is 2.89 bits per heavy atom. The molecule has 2 rings (SSSR count). The van der Waals surface area contributed by atoms with Gasteiger partial charge in [0.1, 0.15) is 4.21 Å². The molecule has 1 aliphatic rings. The minimum Gasteiger partial charge on any atom is -0.381 e. The summed E-state index contributed by atoms with van der Waals surface area (Å²) in [5.74, 6) is -0.389. The number of hydrogen-bond acceptors (Lipinski definition) is 5. The molecule has 1 aromatic rings. The van der Waals surface area contributed by atoms with Gasteiger partial charge in [0.2, 0.25) is 5.91 Å². The molecule has 1 aliphatic heterocycles. The number of thiophene rings is 1. The van der Waals surface area contributed by atoms with Crippen LogP contribution in [0.3, 0.4) is 0 Å². The average Bonchev–Trinajstić information content (AvgIpc) is 2.99. The van der Waals surface area contributed by atoms with Crippen LogP contribution in [0.1, 0.15) is 16.8 Å². The van der Waals surface area contributed by atoms with Gasteiger partial charge in [0.25, 0.3) is 10.0 Å². The number of primary amides is 1. The van der Waals surface area contributed by atoms with Crippen LogP contribution in [0.15, 0.2) is 15.7 Å². The zero-order valence-electron chi connectivity index (χ0n) is 10.5. The summed E-state index contributed by atoms with van der Waals surface area (Å²) in [4.78, 5) is 11.0. The van der Waals surface area contributed by atoms with E-state index in [1.165, 1.54) is 22.8 Å². The Morgan fingerprint density at radius 2 is 2.37 bits per heavy atom. The van der Waals surface area contributed by atoms with Gasteiger partial charge >= 0.3 is 0 Å². The molecule has 6 nitrogen and oxygen atoms in total. The van der Waals surface area contributed by atoms with Crippen molar-refractivity contribution in [1.29, 1.82) is 0 Å². The Labute approximate surface area is 116 Å². The molecule has 1 amide bonds. The molecular weight excluding hydrogens is 288 g/mol. The standard InChI is InChI=1S/C11H16N2O4S2/c1-13(5-8-2-3-17-6-8)19(15,16)10-4-9(7-18-10)11(12)14/h4,7-8H,2-3,5-6H2,1H3,(H2,12,14). The van der Waals surface area contributed by atoms with E-state index in [1.54, 1.807) is 0 Å². The summed E-state index contributed by atoms with van der Waals surface area (Å²) in [5.41, 5.74) is 5.34. The Morgan fingerprint density at radius 1 is 1.63 bits per heavy atom. The zero-order valence-corrected chi connectivity index (χ0v) is 12.2. The van der Waals surface area contributed by atoms with Crippen LogP contribution < -0.4 is 5.73 Å². The van der Waals surface area contributed by atoms with E-state index in [0.717, 1.165) is 17.8 Å². The first-order chi connectivity index (χ1) is 8.91. The zero-order chi connectivity index (χ0) is 14.0. The number of nitrogens with zero attached hydrogens (tertiary/aromatic N) is 1. The summed E-state index contributed by atoms with van der Waals surface area (Å²) < 4.78 is 31.3. The molecule has 0 aliphatic carbocycles. The van der Waals surface area contributed by atoms with Crippen LogP contribution in [0.4, 0.5) is 0 Å². The van der Waals surface area contributed by atoms with Gasteiger partial charge in [-0.2, -0.15) is 4.31 Å². The molecule has 1 unspecified atom stereocenters. The third kappa shape index (κ3) is 3.14. The predicted octanol–water partition coefficient (Wildman–Crippen LogP) is 0.504. The smallest absolute Gasteiger partial charge is 0.252 e. The first kappa shape index (κ1) is 14.4. The van der Waals surface area contributed by atoms with Crippen LogP contribution in [-0.4, -0.2) is 45.4 Å². The lowest BCUT2D eigenvalue weighted by atomic mass is 10.1. The summed E-state index contributed by atoms with van der Waals surface area (Å²) in [5, 5.41) is 1.46. The number of amides is 1. The average molecular weight is 304 g/mol. The number of sulfonamides is 1. The molecule has 2 heterocycles. The molecular formula is C11H16N2O4S2. The van der Waals surface area contributed by atoms with Gasteiger partial charge < -0.3 is 10.5 Å². The highest BCUT2D eigenvalue weighted by Gasteiger charge is 2.27. The third-order valence-corrected chi connectivity index (χ3v) is 6.30. The van der Waals surface area contributed by atoms with Crippen molar-refractivity contribution < 1.29 is 17.9 Å². The maximum Gasteiger partial charge on any atom is 0.252 e. The van der Waals surface area contributed by atoms with E-state index in [0.29, 0.717) is 19.8 Å². The van der Waals surface area contributed by atoms with E-state index >= 15 is 0 Å². The highest BCUT2D eigenvalue weighted by Crippen LogP contribution is 2.24. The molecule has 0 spiro atoms. The predicted molar refractivity (Wildman–Crippen MR) is 71.6 cm³/mol. The van der Waals surface area contributed by atoms with E-state index in [1.807, 2.05) is 0 Å². The van der Waals surface area contributed by atoms with E-state index in [-0.39, 0.29) is 15.7 Å². The molecule has 1 saturated heterocycles. The number of nitrogens with two attached hydrogens (primary N) is 1. The van der Waals surface area contributed by atoms with Crippen molar-refractivity contribution in [3.05, 3.63) is 17.0 Å². The molecule has 19 heavy (non-hydrogen) atoms. The lowest BCUT2D eigenvalue weighted by Gasteiger charge is -2.19. The minimum absolute atomic E-state index is 0.141. The first-order valence-corrected chi connectivity index (χ1v) is 8.15. The SMILES string of the molecule is CN(CC1CCOC1)S(=O)(=O)c1cc(C(N)=O)cs1. The lowest BCUT2D eigenvalue weighted by molar-refractivity contribution is 0.100. The number of ether oxygens (including phenoxy) is 1. The van der Waals surface area contributed by atoms with Crippen molar-refractivity contribution in [2.45, 2.75) is 10.6 Å². The molecule has 2 N–H and O–H groups in total. The molecule has 0 radical (unpaired) electrons. The Hall–Kier alpha value is -0.960. The molecule has 0 aromatic carbocycles. The first-order valence-electron chi connectivity index (χ1n) is 5.83. The van der Waals surface area contributed by atoms with Crippen LogP contribution in [0.5, 0.6) is 0 Å². The van der Waals surface area contributed by atoms with Crippen molar-refractivity contribution >= 4 is 27.3 Å². The van der Waals surface area contributed by atoms with Gasteiger partial charge in [-0.25, -0.2) is 8.42 Å². The van der Waals surface area contributed by atoms with Crippen molar-refractivity contribution in [3.63, 3.8) is 0 Å². The van der Waals surface area contributed by atoms with Gasteiger partial charge in [-0.15, -0.1) is 11.3 Å². The van der Waals surface area contributed by atoms with Crippen molar-refractivity contribution in [3.8, 4) is 0 Å². The van der Waals surface area contributed by atoms with Gasteiger partial charge in [0, 0.05) is 25.6 Å². The van der Waals surface area contributed by atoms with Crippen molar-refractivity contribution in [2.24, 2.45) is 11.7 Å². The van der Waals surface area contributed by atoms with E-state index in [9.17, 15) is 13.2 Å². The number of hydrogen-bond donors (Lipinski definition) is 1. The highest BCUT2D eigenvalue weighted by atomic mass is 32.2. The van der Waals surface area contributed by atoms with Gasteiger partial charge in [0.05, 0.1) is 12.2 Å². The topological polar surface area (TPSA) is 89.7 Å². The normalized spacial score (nSPS) is 20.0. The van der Waals surface area contributed by atoms with Crippen molar-refractivity contribution in [1.82, 2.24) is 4.31 Å². The van der Waals surface area contributed by atoms with Crippen LogP contribution in [-0.2, 0) is 14.8 Å². The highest BCUT2D eigenvalue weighted by molar-refractivity contribution is 7.91. The fraction of sp³-hybridized carbons (Fsp3) is 0.545. The molecule has 0 bridgehead atoms. The van der Waals surface area contributed by atoms with E-state index < -0.39 is 15.9 Å². The quantitative estimate of drug-likeness (QED) is 0.858. The van der Waals surface area contributed by atoms with Crippen LogP contribution in [0.2, 0.25) is 0 Å². The van der Waals surface area contributed by atoms with Gasteiger partial charge in [-0.05, 0) is 18.4 Å². The second-order valence-corrected chi connectivity index (χ2v) is 7.72. The number of carbonyl (C=O) groups excluding carboxylic acids is 1. The summed E-state index contributed by atoms with van der Waals surface area (Å²) in [7, 11) is -2.01. The fourth-order valence-electron chi connectivity index (χ4n) is 1.92. The molecule has 8 heteroatoms. The maximum atomic E-state index is 12.3. The Bertz CT molecular complexity index is 561.